The van der Waals surface area contributed by atoms with Crippen LogP contribution in [-0.2, 0) is 13.1 Å². The van der Waals surface area contributed by atoms with Crippen LogP contribution in [0.5, 0.6) is 5.75 Å². The molecule has 2 aromatic carbocycles. The van der Waals surface area contributed by atoms with Crippen molar-refractivity contribution in [1.29, 1.82) is 0 Å². The van der Waals surface area contributed by atoms with Gasteiger partial charge in [-0.15, -0.1) is 19.8 Å². The Morgan fingerprint density at radius 2 is 1.75 bits per heavy atom. The van der Waals surface area contributed by atoms with Gasteiger partial charge in [-0.3, -0.25) is 9.78 Å². The molecule has 0 bridgehead atoms. The quantitative estimate of drug-likeness (QED) is 0.210. The molecule has 186 valence electrons. The van der Waals surface area contributed by atoms with Gasteiger partial charge >= 0.3 is 6.36 Å². The molecule has 0 fully saturated rings. The van der Waals surface area contributed by atoms with Crippen molar-refractivity contribution in [3.63, 3.8) is 0 Å². The summed E-state index contributed by atoms with van der Waals surface area (Å²) >= 11 is 0. The fraction of sp³-hybridized carbons (Fsp3) is 0.185. The second-order valence-electron chi connectivity index (χ2n) is 8.20. The maximum Gasteiger partial charge on any atom is 0.573 e. The monoisotopic (exact) mass is 497 g/mol. The Hall–Kier alpha value is -4.14. The smallest absolute Gasteiger partial charge is 0.406 e. The highest BCUT2D eigenvalue weighted by Crippen LogP contribution is 2.30. The first-order valence-electron chi connectivity index (χ1n) is 11.1. The second-order valence-corrected chi connectivity index (χ2v) is 8.20. The average molecular weight is 497 g/mol. The number of hydrogen-bond acceptors (Lipinski definition) is 3. The van der Waals surface area contributed by atoms with Crippen LogP contribution < -0.4 is 9.64 Å². The number of allylic oxidation sites excluding steroid dienone is 1. The molecule has 0 aliphatic rings. The molecular formula is C27H23F4N3O2. The van der Waals surface area contributed by atoms with Crippen molar-refractivity contribution in [2.45, 2.75) is 33.3 Å². The zero-order chi connectivity index (χ0) is 26.0. The molecule has 5 nitrogen and oxygen atoms in total. The topological polar surface area (TPSA) is 47.4 Å². The molecule has 0 radical (unpaired) electrons. The summed E-state index contributed by atoms with van der Waals surface area (Å²) in [4.78, 5) is 19.5. The first kappa shape index (κ1) is 25.0. The van der Waals surface area contributed by atoms with E-state index in [1.54, 1.807) is 12.3 Å². The van der Waals surface area contributed by atoms with Crippen LogP contribution in [0.3, 0.4) is 0 Å². The molecular weight excluding hydrogens is 474 g/mol. The number of fused-ring (bicyclic) bond motifs is 1. The summed E-state index contributed by atoms with van der Waals surface area (Å²) in [5.74, 6) is -1.40. The van der Waals surface area contributed by atoms with Gasteiger partial charge in [-0.2, -0.15) is 0 Å². The van der Waals surface area contributed by atoms with Gasteiger partial charge in [0.15, 0.2) is 0 Å². The fourth-order valence-electron chi connectivity index (χ4n) is 4.15. The number of benzene rings is 2. The van der Waals surface area contributed by atoms with Crippen molar-refractivity contribution < 1.29 is 27.1 Å². The molecule has 0 saturated carbocycles. The SMILES string of the molecule is C=CCn1c(C)c(C)c2ccnc(CN(C(=O)c3ccc(OC(F)(F)F)cc3)c3ccc(F)cc3)c21. The number of ether oxygens (including phenoxy) is 1. The summed E-state index contributed by atoms with van der Waals surface area (Å²) in [6.07, 6.45) is -1.40. The molecule has 2 heterocycles. The van der Waals surface area contributed by atoms with Gasteiger partial charge in [-0.25, -0.2) is 4.39 Å². The number of rotatable bonds is 7. The van der Waals surface area contributed by atoms with Crippen molar-refractivity contribution in [2.75, 3.05) is 4.90 Å². The van der Waals surface area contributed by atoms with Crippen molar-refractivity contribution >= 4 is 22.5 Å². The van der Waals surface area contributed by atoms with Gasteiger partial charge < -0.3 is 14.2 Å². The Kier molecular flexibility index (Phi) is 6.83. The second kappa shape index (κ2) is 9.85. The van der Waals surface area contributed by atoms with Crippen LogP contribution in [0.1, 0.15) is 27.3 Å². The standard InChI is InChI=1S/C27H23F4N3O2/c1-4-15-33-18(3)17(2)23-13-14-32-24(25(23)33)16-34(21-9-7-20(28)8-10-21)26(35)19-5-11-22(12-6-19)36-27(29,30)31/h4-14H,1,15-16H2,2-3H3. The number of aryl methyl sites for hydroxylation is 1. The van der Waals surface area contributed by atoms with E-state index in [2.05, 4.69) is 20.9 Å². The average Bonchev–Trinajstić information content (AvgIpc) is 3.08. The van der Waals surface area contributed by atoms with Gasteiger partial charge in [0.1, 0.15) is 11.6 Å². The number of amides is 1. The molecule has 36 heavy (non-hydrogen) atoms. The van der Waals surface area contributed by atoms with E-state index in [0.717, 1.165) is 34.3 Å². The highest BCUT2D eigenvalue weighted by molar-refractivity contribution is 6.06. The van der Waals surface area contributed by atoms with Gasteiger partial charge in [-0.05, 0) is 74.0 Å². The first-order valence-corrected chi connectivity index (χ1v) is 11.1. The van der Waals surface area contributed by atoms with Crippen LogP contribution in [0, 0.1) is 19.7 Å². The van der Waals surface area contributed by atoms with E-state index >= 15 is 0 Å². The lowest BCUT2D eigenvalue weighted by Gasteiger charge is -2.24. The van der Waals surface area contributed by atoms with Crippen LogP contribution in [-0.4, -0.2) is 21.8 Å². The van der Waals surface area contributed by atoms with Crippen LogP contribution in [0.15, 0.2) is 73.4 Å². The molecule has 4 rings (SSSR count). The van der Waals surface area contributed by atoms with Crippen molar-refractivity contribution in [2.24, 2.45) is 0 Å². The number of anilines is 1. The summed E-state index contributed by atoms with van der Waals surface area (Å²) in [6, 6.07) is 12.0. The summed E-state index contributed by atoms with van der Waals surface area (Å²) in [7, 11) is 0. The third-order valence-electron chi connectivity index (χ3n) is 5.96. The van der Waals surface area contributed by atoms with Crippen LogP contribution >= 0.6 is 0 Å². The molecule has 0 unspecified atom stereocenters. The van der Waals surface area contributed by atoms with E-state index in [-0.39, 0.29) is 12.1 Å². The van der Waals surface area contributed by atoms with E-state index in [1.165, 1.54) is 41.3 Å². The van der Waals surface area contributed by atoms with Crippen LogP contribution in [0.4, 0.5) is 23.2 Å². The van der Waals surface area contributed by atoms with E-state index in [0.29, 0.717) is 17.9 Å². The summed E-state index contributed by atoms with van der Waals surface area (Å²) in [5, 5.41) is 0.986. The van der Waals surface area contributed by atoms with E-state index < -0.39 is 23.8 Å². The molecule has 4 aromatic rings. The van der Waals surface area contributed by atoms with Gasteiger partial charge in [0.25, 0.3) is 5.91 Å². The molecule has 0 saturated heterocycles. The summed E-state index contributed by atoms with van der Waals surface area (Å²) in [6.45, 7) is 8.43. The minimum atomic E-state index is -4.84. The maximum absolute atomic E-state index is 13.6. The highest BCUT2D eigenvalue weighted by atomic mass is 19.4. The van der Waals surface area contributed by atoms with Crippen molar-refractivity contribution in [3.05, 3.63) is 102 Å². The van der Waals surface area contributed by atoms with Crippen molar-refractivity contribution in [3.8, 4) is 5.75 Å². The lowest BCUT2D eigenvalue weighted by atomic mass is 10.1. The number of carbonyl (C=O) groups is 1. The third kappa shape index (κ3) is 5.10. The highest BCUT2D eigenvalue weighted by Gasteiger charge is 2.31. The summed E-state index contributed by atoms with van der Waals surface area (Å²) < 4.78 is 57.2. The van der Waals surface area contributed by atoms with Gasteiger partial charge in [-0.1, -0.05) is 6.08 Å². The third-order valence-corrected chi connectivity index (χ3v) is 5.96. The maximum atomic E-state index is 13.6. The first-order chi connectivity index (χ1) is 17.1. The Bertz CT molecular complexity index is 1410. The lowest BCUT2D eigenvalue weighted by Crippen LogP contribution is -2.31. The van der Waals surface area contributed by atoms with E-state index in [1.807, 2.05) is 19.9 Å². The molecule has 2 aromatic heterocycles. The van der Waals surface area contributed by atoms with Gasteiger partial charge in [0.2, 0.25) is 0 Å². The Morgan fingerprint density at radius 1 is 1.08 bits per heavy atom. The number of aromatic nitrogens is 2. The number of hydrogen-bond donors (Lipinski definition) is 0. The van der Waals surface area contributed by atoms with E-state index in [9.17, 15) is 22.4 Å². The molecule has 9 heteroatoms. The zero-order valence-electron chi connectivity index (χ0n) is 19.6. The Morgan fingerprint density at radius 3 is 2.36 bits per heavy atom. The predicted octanol–water partition coefficient (Wildman–Crippen LogP) is 6.72. The van der Waals surface area contributed by atoms with Crippen LogP contribution in [0.25, 0.3) is 10.9 Å². The molecule has 0 aliphatic heterocycles. The number of alkyl halides is 3. The molecule has 0 atom stereocenters. The lowest BCUT2D eigenvalue weighted by molar-refractivity contribution is -0.274. The minimum absolute atomic E-state index is 0.0443. The molecule has 0 aliphatic carbocycles. The normalized spacial score (nSPS) is 11.5. The molecule has 0 spiro atoms. The minimum Gasteiger partial charge on any atom is -0.406 e. The van der Waals surface area contributed by atoms with Gasteiger partial charge in [0, 0.05) is 35.1 Å². The van der Waals surface area contributed by atoms with Gasteiger partial charge in [0.05, 0.1) is 17.8 Å². The molecule has 0 N–H and O–H groups in total. The largest absolute Gasteiger partial charge is 0.573 e. The number of pyridine rings is 1. The number of carbonyl (C=O) groups excluding carboxylic acids is 1. The molecule has 1 amide bonds. The van der Waals surface area contributed by atoms with Crippen molar-refractivity contribution in [1.82, 2.24) is 9.55 Å². The van der Waals surface area contributed by atoms with Crippen LogP contribution in [0.2, 0.25) is 0 Å². The Balaban J connectivity index is 1.77. The fourth-order valence-corrected chi connectivity index (χ4v) is 4.15. The number of nitrogens with zero attached hydrogens (tertiary/aromatic N) is 3. The predicted molar refractivity (Wildman–Crippen MR) is 129 cm³/mol. The Labute approximate surface area is 205 Å². The zero-order valence-corrected chi connectivity index (χ0v) is 19.6. The summed E-state index contributed by atoms with van der Waals surface area (Å²) in [5.41, 5.74) is 4.12. The number of halogens is 4. The van der Waals surface area contributed by atoms with E-state index in [4.69, 9.17) is 0 Å².